The van der Waals surface area contributed by atoms with Gasteiger partial charge in [0.15, 0.2) is 0 Å². The molecule has 2 aromatic rings. The summed E-state index contributed by atoms with van der Waals surface area (Å²) in [4.78, 5) is 4.54. The summed E-state index contributed by atoms with van der Waals surface area (Å²) in [6.45, 7) is 8.73. The Morgan fingerprint density at radius 1 is 0.393 bits per heavy atom. The second kappa shape index (κ2) is 33.3. The third-order valence-corrected chi connectivity index (χ3v) is 13.6. The number of unbranched alkanes of at least 4 members (excludes halogenated alkanes) is 7. The lowest BCUT2D eigenvalue weighted by atomic mass is 10.1. The smallest absolute Gasteiger partial charge is 0.330 e. The molecule has 56 heavy (non-hydrogen) atoms. The number of nitrogens with zero attached hydrogens (tertiary/aromatic N) is 2. The average Bonchev–Trinajstić information content (AvgIpc) is 3.21. The summed E-state index contributed by atoms with van der Waals surface area (Å²) >= 11 is 0. The molecule has 0 spiro atoms. The van der Waals surface area contributed by atoms with Gasteiger partial charge < -0.3 is 50.8 Å². The van der Waals surface area contributed by atoms with Crippen LogP contribution in [0.1, 0.15) is 88.2 Å². The van der Waals surface area contributed by atoms with Crippen LogP contribution in [0, 0.1) is 0 Å². The Hall–Kier alpha value is -1.50. The molecule has 0 heterocycles. The van der Waals surface area contributed by atoms with Crippen molar-refractivity contribution in [3.8, 4) is 0 Å². The molecule has 8 N–H and O–H groups in total. The van der Waals surface area contributed by atoms with E-state index in [1.807, 2.05) is 36.4 Å². The molecule has 322 valence electrons. The van der Waals surface area contributed by atoms with Crippen LogP contribution in [0.25, 0.3) is 0 Å². The van der Waals surface area contributed by atoms with Crippen LogP contribution in [-0.4, -0.2) is 114 Å². The number of benzene rings is 2. The Balaban J connectivity index is 1.71. The number of hydrogen-bond acceptors (Lipinski definition) is 12. The van der Waals surface area contributed by atoms with Crippen molar-refractivity contribution in [2.24, 2.45) is 22.9 Å². The van der Waals surface area contributed by atoms with Crippen molar-refractivity contribution in [1.29, 1.82) is 0 Å². The van der Waals surface area contributed by atoms with Crippen LogP contribution in [0.3, 0.4) is 0 Å². The van der Waals surface area contributed by atoms with Crippen LogP contribution in [-0.2, 0) is 40.1 Å². The molecular weight excluding hydrogens is 746 g/mol. The monoisotopic (exact) mass is 825 g/mol. The van der Waals surface area contributed by atoms with Gasteiger partial charge in [-0.15, -0.1) is 0 Å². The van der Waals surface area contributed by atoms with Gasteiger partial charge >= 0.3 is 15.2 Å². The van der Waals surface area contributed by atoms with Gasteiger partial charge in [0, 0.05) is 13.1 Å². The molecule has 0 saturated heterocycles. The number of rotatable bonds is 39. The van der Waals surface area contributed by atoms with Crippen LogP contribution in [0.2, 0.25) is 0 Å². The summed E-state index contributed by atoms with van der Waals surface area (Å²) in [6.07, 6.45) is 13.8. The molecule has 0 aliphatic heterocycles. The van der Waals surface area contributed by atoms with Crippen LogP contribution in [0.15, 0.2) is 60.7 Å². The molecule has 2 atom stereocenters. The largest absolute Gasteiger partial charge is 0.331 e. The van der Waals surface area contributed by atoms with Crippen molar-refractivity contribution in [2.75, 3.05) is 104 Å². The normalized spacial score (nSPS) is 14.0. The van der Waals surface area contributed by atoms with E-state index in [4.69, 9.17) is 41.0 Å². The third kappa shape index (κ3) is 25.8. The van der Waals surface area contributed by atoms with E-state index in [1.165, 1.54) is 0 Å². The molecule has 12 nitrogen and oxygen atoms in total. The van der Waals surface area contributed by atoms with Gasteiger partial charge in [0.1, 0.15) is 0 Å². The molecule has 2 aromatic carbocycles. The molecule has 0 saturated carbocycles. The van der Waals surface area contributed by atoms with Gasteiger partial charge in [-0.2, -0.15) is 0 Å². The Bertz CT molecular complexity index is 1170. The minimum Gasteiger partial charge on any atom is -0.330 e. The van der Waals surface area contributed by atoms with Gasteiger partial charge in [0.05, 0.1) is 38.8 Å². The van der Waals surface area contributed by atoms with E-state index in [-0.39, 0.29) is 0 Å². The lowest BCUT2D eigenvalue weighted by Gasteiger charge is -2.25. The molecule has 0 aliphatic carbocycles. The third-order valence-electron chi connectivity index (χ3n) is 9.75. The molecule has 0 aromatic heterocycles. The molecule has 2 rings (SSSR count). The first-order valence-electron chi connectivity index (χ1n) is 21.4. The lowest BCUT2D eigenvalue weighted by molar-refractivity contribution is 0.194. The second-order valence-corrected chi connectivity index (χ2v) is 18.9. The molecule has 14 heteroatoms. The molecule has 2 unspecified atom stereocenters. The molecule has 0 aliphatic rings. The first-order chi connectivity index (χ1) is 27.3. The molecular formula is C42H78N6O6P2. The Morgan fingerprint density at radius 3 is 1.02 bits per heavy atom. The van der Waals surface area contributed by atoms with Crippen molar-refractivity contribution >= 4 is 15.2 Å². The first kappa shape index (κ1) is 50.6. The SMILES string of the molecule is NCCCN(CCCN)CCP(=O)(OCCCCCCCCCCOP(=O)(CCN(CCCN)CCCN)OCCc1ccccc1)OCCc1ccccc1. The van der Waals surface area contributed by atoms with Crippen LogP contribution < -0.4 is 22.9 Å². The van der Waals surface area contributed by atoms with E-state index in [0.29, 0.717) is 90.9 Å². The van der Waals surface area contributed by atoms with Gasteiger partial charge in [-0.25, -0.2) is 0 Å². The average molecular weight is 825 g/mol. The lowest BCUT2D eigenvalue weighted by Crippen LogP contribution is -2.31. The predicted octanol–water partition coefficient (Wildman–Crippen LogP) is 7.04. The van der Waals surface area contributed by atoms with E-state index >= 15 is 0 Å². The van der Waals surface area contributed by atoms with Gasteiger partial charge in [-0.1, -0.05) is 99.2 Å². The second-order valence-electron chi connectivity index (χ2n) is 14.6. The van der Waals surface area contributed by atoms with E-state index < -0.39 is 15.2 Å². The number of nitrogens with two attached hydrogens (primary N) is 4. The van der Waals surface area contributed by atoms with E-state index in [0.717, 1.165) is 114 Å². The summed E-state index contributed by atoms with van der Waals surface area (Å²) < 4.78 is 51.8. The maximum atomic E-state index is 13.9. The summed E-state index contributed by atoms with van der Waals surface area (Å²) in [5.41, 5.74) is 25.3. The topological polar surface area (TPSA) is 182 Å². The van der Waals surface area contributed by atoms with Crippen LogP contribution >= 0.6 is 15.2 Å². The maximum absolute atomic E-state index is 13.9. The quantitative estimate of drug-likeness (QED) is 0.0399. The predicted molar refractivity (Wildman–Crippen MR) is 234 cm³/mol. The fraction of sp³-hybridized carbons (Fsp3) is 0.714. The minimum atomic E-state index is -3.26. The fourth-order valence-electron chi connectivity index (χ4n) is 6.36. The van der Waals surface area contributed by atoms with E-state index in [9.17, 15) is 9.13 Å². The highest BCUT2D eigenvalue weighted by Crippen LogP contribution is 2.49. The summed E-state index contributed by atoms with van der Waals surface area (Å²) in [7, 11) is -6.52. The zero-order valence-corrected chi connectivity index (χ0v) is 36.3. The highest BCUT2D eigenvalue weighted by atomic mass is 31.2. The highest BCUT2D eigenvalue weighted by molar-refractivity contribution is 7.54. The van der Waals surface area contributed by atoms with Crippen LogP contribution in [0.4, 0.5) is 0 Å². The fourth-order valence-corrected chi connectivity index (χ4v) is 9.63. The standard InChI is InChI=1S/C42H78N6O6P2/c43-25-15-29-47(30-16-26-44)33-39-55(49,53-37-23-41-19-9-7-10-20-41)51-35-13-5-3-1-2-4-6-14-36-52-56(50,54-38-24-42-21-11-8-12-22-42)40-34-48(31-17-27-45)32-18-28-46/h7-12,19-22H,1-6,13-18,23-40,43-46H2. The van der Waals surface area contributed by atoms with Gasteiger partial charge in [-0.3, -0.25) is 9.13 Å². The van der Waals surface area contributed by atoms with Gasteiger partial charge in [0.25, 0.3) is 0 Å². The molecule has 0 radical (unpaired) electrons. The van der Waals surface area contributed by atoms with Gasteiger partial charge in [-0.05, 0) is 115 Å². The summed E-state index contributed by atoms with van der Waals surface area (Å²) in [5, 5.41) is 0. The van der Waals surface area contributed by atoms with Crippen LogP contribution in [0.5, 0.6) is 0 Å². The van der Waals surface area contributed by atoms with Crippen molar-refractivity contribution in [2.45, 2.75) is 89.9 Å². The van der Waals surface area contributed by atoms with Crippen molar-refractivity contribution in [3.63, 3.8) is 0 Å². The molecule has 0 amide bonds. The first-order valence-corrected chi connectivity index (χ1v) is 24.9. The summed E-state index contributed by atoms with van der Waals surface area (Å²) in [6, 6.07) is 20.2. The maximum Gasteiger partial charge on any atom is 0.331 e. The zero-order chi connectivity index (χ0) is 40.4. The Labute approximate surface area is 340 Å². The van der Waals surface area contributed by atoms with Crippen molar-refractivity contribution < 1.29 is 27.2 Å². The summed E-state index contributed by atoms with van der Waals surface area (Å²) in [5.74, 6) is 0. The highest BCUT2D eigenvalue weighted by Gasteiger charge is 2.27. The van der Waals surface area contributed by atoms with Crippen molar-refractivity contribution in [3.05, 3.63) is 71.8 Å². The van der Waals surface area contributed by atoms with Gasteiger partial charge in [0.2, 0.25) is 0 Å². The van der Waals surface area contributed by atoms with E-state index in [1.54, 1.807) is 0 Å². The van der Waals surface area contributed by atoms with E-state index in [2.05, 4.69) is 34.1 Å². The Morgan fingerprint density at radius 2 is 0.696 bits per heavy atom. The molecule has 0 bridgehead atoms. The Kier molecular flexibility index (Phi) is 30.2. The number of hydrogen-bond donors (Lipinski definition) is 4. The zero-order valence-electron chi connectivity index (χ0n) is 34.5. The van der Waals surface area contributed by atoms with Crippen molar-refractivity contribution in [1.82, 2.24) is 9.80 Å². The minimum absolute atomic E-state index is 0.359. The molecule has 0 fully saturated rings.